The second-order valence-electron chi connectivity index (χ2n) is 2.07. The summed E-state index contributed by atoms with van der Waals surface area (Å²) in [5.74, 6) is 0.442. The SMILES string of the molecule is COC(=O)C(CC#CI)C(=O)OC. The van der Waals surface area contributed by atoms with Crippen molar-refractivity contribution in [1.82, 2.24) is 0 Å². The van der Waals surface area contributed by atoms with Gasteiger partial charge in [-0.25, -0.2) is 0 Å². The van der Waals surface area contributed by atoms with E-state index < -0.39 is 17.9 Å². The molecule has 0 aromatic heterocycles. The molecule has 0 fully saturated rings. The number of rotatable bonds is 3. The van der Waals surface area contributed by atoms with E-state index >= 15 is 0 Å². The molecular formula is C8H9IO4. The van der Waals surface area contributed by atoms with E-state index in [2.05, 4.69) is 19.3 Å². The highest BCUT2D eigenvalue weighted by Crippen LogP contribution is 2.06. The lowest BCUT2D eigenvalue weighted by molar-refractivity contribution is -0.158. The van der Waals surface area contributed by atoms with Crippen molar-refractivity contribution in [3.8, 4) is 9.85 Å². The first-order chi connectivity index (χ1) is 6.17. The molecule has 0 aliphatic carbocycles. The van der Waals surface area contributed by atoms with Crippen LogP contribution in [0.2, 0.25) is 0 Å². The average molecular weight is 296 g/mol. The van der Waals surface area contributed by atoms with Gasteiger partial charge in [-0.3, -0.25) is 9.59 Å². The number of halogens is 1. The van der Waals surface area contributed by atoms with Crippen LogP contribution in [0.25, 0.3) is 0 Å². The molecule has 0 aromatic carbocycles. The van der Waals surface area contributed by atoms with Gasteiger partial charge in [0, 0.05) is 29.0 Å². The second kappa shape index (κ2) is 6.71. The number of ether oxygens (including phenoxy) is 2. The lowest BCUT2D eigenvalue weighted by Gasteiger charge is -2.08. The molecule has 0 amide bonds. The van der Waals surface area contributed by atoms with Gasteiger partial charge in [-0.15, -0.1) is 0 Å². The number of methoxy groups -OCH3 is 2. The number of carbonyl (C=O) groups excluding carboxylic acids is 2. The molecule has 0 radical (unpaired) electrons. The van der Waals surface area contributed by atoms with E-state index in [1.54, 1.807) is 0 Å². The van der Waals surface area contributed by atoms with Crippen LogP contribution in [0.15, 0.2) is 0 Å². The van der Waals surface area contributed by atoms with Gasteiger partial charge in [0.15, 0.2) is 5.92 Å². The molecule has 0 heterocycles. The molecule has 0 atom stereocenters. The fourth-order valence-corrected chi connectivity index (χ4v) is 0.908. The summed E-state index contributed by atoms with van der Waals surface area (Å²) in [6, 6.07) is 0. The molecule has 0 N–H and O–H groups in total. The largest absolute Gasteiger partial charge is 0.468 e. The summed E-state index contributed by atoms with van der Waals surface area (Å²) in [6.07, 6.45) is 0.127. The van der Waals surface area contributed by atoms with Crippen LogP contribution in [0.1, 0.15) is 6.42 Å². The average Bonchev–Trinajstić information content (AvgIpc) is 2.17. The minimum atomic E-state index is -0.933. The normalized spacial score (nSPS) is 8.62. The van der Waals surface area contributed by atoms with Crippen molar-refractivity contribution in [3.05, 3.63) is 0 Å². The minimum absolute atomic E-state index is 0.127. The number of hydrogen-bond acceptors (Lipinski definition) is 4. The van der Waals surface area contributed by atoms with Crippen LogP contribution < -0.4 is 0 Å². The fraction of sp³-hybridized carbons (Fsp3) is 0.500. The van der Waals surface area contributed by atoms with E-state index in [9.17, 15) is 9.59 Å². The number of hydrogen-bond donors (Lipinski definition) is 0. The van der Waals surface area contributed by atoms with Gasteiger partial charge in [-0.1, -0.05) is 5.92 Å². The zero-order valence-corrected chi connectivity index (χ0v) is 9.45. The monoisotopic (exact) mass is 296 g/mol. The summed E-state index contributed by atoms with van der Waals surface area (Å²) >= 11 is 1.83. The van der Waals surface area contributed by atoms with E-state index in [-0.39, 0.29) is 6.42 Å². The third kappa shape index (κ3) is 4.12. The fourth-order valence-electron chi connectivity index (χ4n) is 0.688. The first kappa shape index (κ1) is 12.2. The van der Waals surface area contributed by atoms with Crippen molar-refractivity contribution in [1.29, 1.82) is 0 Å². The Hall–Kier alpha value is -0.770. The van der Waals surface area contributed by atoms with Gasteiger partial charge in [0.25, 0.3) is 0 Å². The molecule has 0 unspecified atom stereocenters. The van der Waals surface area contributed by atoms with Crippen molar-refractivity contribution in [3.63, 3.8) is 0 Å². The van der Waals surface area contributed by atoms with Gasteiger partial charge in [0.1, 0.15) is 0 Å². The van der Waals surface area contributed by atoms with E-state index in [0.717, 1.165) is 0 Å². The van der Waals surface area contributed by atoms with Gasteiger partial charge in [0.2, 0.25) is 0 Å². The zero-order valence-electron chi connectivity index (χ0n) is 7.30. The Morgan fingerprint density at radius 2 is 1.77 bits per heavy atom. The minimum Gasteiger partial charge on any atom is -0.468 e. The van der Waals surface area contributed by atoms with E-state index in [4.69, 9.17) is 0 Å². The van der Waals surface area contributed by atoms with Crippen molar-refractivity contribution < 1.29 is 19.1 Å². The van der Waals surface area contributed by atoms with Gasteiger partial charge in [-0.2, -0.15) is 0 Å². The summed E-state index contributed by atoms with van der Waals surface area (Å²) < 4.78 is 11.4. The molecule has 0 aromatic rings. The molecule has 0 saturated heterocycles. The Balaban J connectivity index is 4.41. The smallest absolute Gasteiger partial charge is 0.321 e. The Morgan fingerprint density at radius 3 is 2.08 bits per heavy atom. The zero-order chi connectivity index (χ0) is 10.3. The van der Waals surface area contributed by atoms with Gasteiger partial charge >= 0.3 is 11.9 Å². The van der Waals surface area contributed by atoms with Crippen LogP contribution in [0.4, 0.5) is 0 Å². The molecule has 4 nitrogen and oxygen atoms in total. The molecule has 72 valence electrons. The maximum atomic E-state index is 11.0. The topological polar surface area (TPSA) is 52.6 Å². The molecule has 0 spiro atoms. The summed E-state index contributed by atoms with van der Waals surface area (Å²) in [4.78, 5) is 22.0. The highest BCUT2D eigenvalue weighted by atomic mass is 127. The van der Waals surface area contributed by atoms with Crippen LogP contribution in [-0.2, 0) is 19.1 Å². The highest BCUT2D eigenvalue weighted by molar-refractivity contribution is 14.1. The Kier molecular flexibility index (Phi) is 6.32. The summed E-state index contributed by atoms with van der Waals surface area (Å²) in [5, 5.41) is 0. The molecule has 0 aliphatic rings. The van der Waals surface area contributed by atoms with Crippen LogP contribution >= 0.6 is 22.6 Å². The summed E-state index contributed by atoms with van der Waals surface area (Å²) in [6.45, 7) is 0. The molecular weight excluding hydrogens is 287 g/mol. The molecule has 0 aliphatic heterocycles. The Labute approximate surface area is 90.1 Å². The van der Waals surface area contributed by atoms with Gasteiger partial charge < -0.3 is 9.47 Å². The maximum Gasteiger partial charge on any atom is 0.321 e. The lowest BCUT2D eigenvalue weighted by atomic mass is 10.1. The quantitative estimate of drug-likeness (QED) is 0.333. The van der Waals surface area contributed by atoms with E-state index in [0.29, 0.717) is 0 Å². The van der Waals surface area contributed by atoms with Crippen molar-refractivity contribution in [2.45, 2.75) is 6.42 Å². The molecule has 0 bridgehead atoms. The van der Waals surface area contributed by atoms with Gasteiger partial charge in [-0.05, 0) is 3.93 Å². The molecule has 0 saturated carbocycles. The molecule has 13 heavy (non-hydrogen) atoms. The van der Waals surface area contributed by atoms with E-state index in [1.807, 2.05) is 22.6 Å². The van der Waals surface area contributed by atoms with E-state index in [1.165, 1.54) is 14.2 Å². The first-order valence-corrected chi connectivity index (χ1v) is 4.49. The summed E-state index contributed by atoms with van der Waals surface area (Å²) in [5.41, 5.74) is 0. The predicted molar refractivity (Wildman–Crippen MR) is 53.9 cm³/mol. The van der Waals surface area contributed by atoms with Crippen LogP contribution in [0.5, 0.6) is 0 Å². The van der Waals surface area contributed by atoms with Crippen molar-refractivity contribution in [2.75, 3.05) is 14.2 Å². The standard InChI is InChI=1S/C8H9IO4/c1-12-7(10)6(4-3-5-9)8(11)13-2/h6H,4H2,1-2H3. The maximum absolute atomic E-state index is 11.0. The lowest BCUT2D eigenvalue weighted by Crippen LogP contribution is -2.26. The molecule has 5 heteroatoms. The summed E-state index contributed by atoms with van der Waals surface area (Å²) in [7, 11) is 2.44. The number of esters is 2. The second-order valence-corrected chi connectivity index (χ2v) is 2.61. The highest BCUT2D eigenvalue weighted by Gasteiger charge is 2.27. The van der Waals surface area contributed by atoms with Crippen molar-refractivity contribution in [2.24, 2.45) is 5.92 Å². The third-order valence-corrected chi connectivity index (χ3v) is 1.73. The first-order valence-electron chi connectivity index (χ1n) is 3.41. The van der Waals surface area contributed by atoms with Crippen LogP contribution in [-0.4, -0.2) is 26.2 Å². The predicted octanol–water partition coefficient (Wildman–Crippen LogP) is 0.735. The third-order valence-electron chi connectivity index (χ3n) is 1.34. The Morgan fingerprint density at radius 1 is 1.31 bits per heavy atom. The van der Waals surface area contributed by atoms with Gasteiger partial charge in [0.05, 0.1) is 14.2 Å². The molecule has 0 rings (SSSR count). The van der Waals surface area contributed by atoms with Crippen LogP contribution in [0.3, 0.4) is 0 Å². The Bertz CT molecular complexity index is 235. The van der Waals surface area contributed by atoms with Crippen molar-refractivity contribution >= 4 is 34.5 Å². The number of carbonyl (C=O) groups is 2. The van der Waals surface area contributed by atoms with Crippen LogP contribution in [0, 0.1) is 15.8 Å².